The molecule has 0 aliphatic carbocycles. The smallest absolute Gasteiger partial charge is 0.225 e. The van der Waals surface area contributed by atoms with Crippen molar-refractivity contribution in [3.63, 3.8) is 0 Å². The molecule has 2 amide bonds. The molecule has 1 aliphatic heterocycles. The number of fused-ring (bicyclic) bond motifs is 1. The molecule has 1 aromatic heterocycles. The largest absolute Gasteiger partial charge is 0.355 e. The molecule has 21 heavy (non-hydrogen) atoms. The van der Waals surface area contributed by atoms with Gasteiger partial charge in [-0.1, -0.05) is 18.2 Å². The quantitative estimate of drug-likeness (QED) is 0.886. The summed E-state index contributed by atoms with van der Waals surface area (Å²) in [6, 6.07) is 10.4. The molecule has 1 atom stereocenters. The minimum atomic E-state index is -0.222. The number of carbonyl (C=O) groups excluding carboxylic acids is 2. The highest BCUT2D eigenvalue weighted by Gasteiger charge is 2.27. The van der Waals surface area contributed by atoms with E-state index in [9.17, 15) is 9.59 Å². The fraction of sp³-hybridized carbons (Fsp3) is 0.375. The Labute approximate surface area is 123 Å². The molecule has 0 unspecified atom stereocenters. The lowest BCUT2D eigenvalue weighted by atomic mass is 10.1. The van der Waals surface area contributed by atoms with Gasteiger partial charge in [-0.25, -0.2) is 0 Å². The maximum Gasteiger partial charge on any atom is 0.225 e. The van der Waals surface area contributed by atoms with Gasteiger partial charge in [0.05, 0.1) is 5.92 Å². The summed E-state index contributed by atoms with van der Waals surface area (Å²) in [4.78, 5) is 23.1. The second-order valence-electron chi connectivity index (χ2n) is 5.49. The van der Waals surface area contributed by atoms with Gasteiger partial charge in [-0.2, -0.15) is 0 Å². The fourth-order valence-corrected chi connectivity index (χ4v) is 2.87. The lowest BCUT2D eigenvalue weighted by molar-refractivity contribution is -0.126. The number of carbonyl (C=O) groups is 2. The van der Waals surface area contributed by atoms with E-state index in [4.69, 9.17) is 0 Å². The van der Waals surface area contributed by atoms with Gasteiger partial charge in [0.15, 0.2) is 0 Å². The molecular formula is C16H19N3O2. The standard InChI is InChI=1S/C16H19N3O2/c1-11-8-12-4-2-3-5-14(12)19(11)7-6-17-16(21)13-9-15(20)18-10-13/h2-5,8,13H,6-7,9-10H2,1H3,(H,17,21)(H,18,20)/t13-/m0/s1. The molecule has 2 heterocycles. The summed E-state index contributed by atoms with van der Waals surface area (Å²) in [5.41, 5.74) is 2.37. The Bertz CT molecular complexity index is 690. The number of nitrogens with zero attached hydrogens (tertiary/aromatic N) is 1. The van der Waals surface area contributed by atoms with E-state index in [2.05, 4.69) is 40.3 Å². The van der Waals surface area contributed by atoms with Crippen LogP contribution in [-0.2, 0) is 16.1 Å². The third-order valence-corrected chi connectivity index (χ3v) is 4.00. The molecular weight excluding hydrogens is 266 g/mol. The number of aryl methyl sites for hydroxylation is 1. The Kier molecular flexibility index (Phi) is 3.64. The molecule has 1 saturated heterocycles. The summed E-state index contributed by atoms with van der Waals surface area (Å²) >= 11 is 0. The molecule has 1 fully saturated rings. The summed E-state index contributed by atoms with van der Waals surface area (Å²) in [5, 5.41) is 6.82. The van der Waals surface area contributed by atoms with Crippen LogP contribution >= 0.6 is 0 Å². The van der Waals surface area contributed by atoms with E-state index in [-0.39, 0.29) is 17.7 Å². The first-order chi connectivity index (χ1) is 10.1. The van der Waals surface area contributed by atoms with E-state index < -0.39 is 0 Å². The third kappa shape index (κ3) is 2.77. The van der Waals surface area contributed by atoms with Crippen molar-refractivity contribution in [2.24, 2.45) is 5.92 Å². The van der Waals surface area contributed by atoms with E-state index in [1.54, 1.807) is 0 Å². The Morgan fingerprint density at radius 3 is 3.00 bits per heavy atom. The molecule has 5 nitrogen and oxygen atoms in total. The second kappa shape index (κ2) is 5.60. The zero-order valence-corrected chi connectivity index (χ0v) is 12.1. The molecule has 0 saturated carbocycles. The van der Waals surface area contributed by atoms with Crippen LogP contribution in [0.2, 0.25) is 0 Å². The zero-order valence-electron chi connectivity index (χ0n) is 12.1. The van der Waals surface area contributed by atoms with Gasteiger partial charge in [0.2, 0.25) is 11.8 Å². The maximum absolute atomic E-state index is 12.0. The van der Waals surface area contributed by atoms with Crippen molar-refractivity contribution in [3.05, 3.63) is 36.0 Å². The van der Waals surface area contributed by atoms with Gasteiger partial charge in [-0.05, 0) is 24.4 Å². The van der Waals surface area contributed by atoms with E-state index >= 15 is 0 Å². The van der Waals surface area contributed by atoms with Crippen molar-refractivity contribution in [1.82, 2.24) is 15.2 Å². The SMILES string of the molecule is Cc1cc2ccccc2n1CCNC(=O)[C@@H]1CNC(=O)C1. The first-order valence-corrected chi connectivity index (χ1v) is 7.24. The molecule has 2 N–H and O–H groups in total. The topological polar surface area (TPSA) is 63.1 Å². The normalized spacial score (nSPS) is 18.0. The van der Waals surface area contributed by atoms with Gasteiger partial charge in [-0.15, -0.1) is 0 Å². The van der Waals surface area contributed by atoms with Gasteiger partial charge < -0.3 is 15.2 Å². The van der Waals surface area contributed by atoms with Crippen LogP contribution < -0.4 is 10.6 Å². The number of rotatable bonds is 4. The van der Waals surface area contributed by atoms with E-state index in [0.29, 0.717) is 19.5 Å². The number of hydrogen-bond donors (Lipinski definition) is 2. The molecule has 3 rings (SSSR count). The first-order valence-electron chi connectivity index (χ1n) is 7.24. The summed E-state index contributed by atoms with van der Waals surface area (Å²) in [7, 11) is 0. The van der Waals surface area contributed by atoms with Crippen molar-refractivity contribution in [2.45, 2.75) is 19.9 Å². The van der Waals surface area contributed by atoms with Crippen LogP contribution in [0.15, 0.2) is 30.3 Å². The minimum absolute atomic E-state index is 0.0394. The molecule has 1 aromatic carbocycles. The highest BCUT2D eigenvalue weighted by molar-refractivity contribution is 5.89. The molecule has 2 aromatic rings. The minimum Gasteiger partial charge on any atom is -0.355 e. The molecule has 1 aliphatic rings. The predicted octanol–water partition coefficient (Wildman–Crippen LogP) is 1.20. The fourth-order valence-electron chi connectivity index (χ4n) is 2.87. The first kappa shape index (κ1) is 13.7. The molecule has 5 heteroatoms. The van der Waals surface area contributed by atoms with Gasteiger partial charge in [0, 0.05) is 37.3 Å². The van der Waals surface area contributed by atoms with Gasteiger partial charge in [0.1, 0.15) is 0 Å². The maximum atomic E-state index is 12.0. The van der Waals surface area contributed by atoms with Crippen LogP contribution in [-0.4, -0.2) is 29.5 Å². The van der Waals surface area contributed by atoms with E-state index in [1.807, 2.05) is 12.1 Å². The van der Waals surface area contributed by atoms with Crippen LogP contribution in [0.3, 0.4) is 0 Å². The second-order valence-corrected chi connectivity index (χ2v) is 5.49. The Morgan fingerprint density at radius 1 is 1.43 bits per heavy atom. The summed E-state index contributed by atoms with van der Waals surface area (Å²) in [6.07, 6.45) is 0.303. The summed E-state index contributed by atoms with van der Waals surface area (Å²) in [6.45, 7) is 3.83. The monoisotopic (exact) mass is 285 g/mol. The number of amides is 2. The van der Waals surface area contributed by atoms with Crippen molar-refractivity contribution < 1.29 is 9.59 Å². The van der Waals surface area contributed by atoms with Crippen LogP contribution in [0.1, 0.15) is 12.1 Å². The molecule has 110 valence electrons. The van der Waals surface area contributed by atoms with Crippen molar-refractivity contribution in [2.75, 3.05) is 13.1 Å². The van der Waals surface area contributed by atoms with E-state index in [1.165, 1.54) is 16.6 Å². The van der Waals surface area contributed by atoms with Crippen molar-refractivity contribution in [3.8, 4) is 0 Å². The van der Waals surface area contributed by atoms with Crippen molar-refractivity contribution in [1.29, 1.82) is 0 Å². The van der Waals surface area contributed by atoms with Crippen LogP contribution in [0.4, 0.5) is 0 Å². The third-order valence-electron chi connectivity index (χ3n) is 4.00. The average Bonchev–Trinajstić information content (AvgIpc) is 3.03. The predicted molar refractivity (Wildman–Crippen MR) is 80.8 cm³/mol. The number of para-hydroxylation sites is 1. The van der Waals surface area contributed by atoms with Gasteiger partial charge in [-0.3, -0.25) is 9.59 Å². The van der Waals surface area contributed by atoms with Crippen LogP contribution in [0.25, 0.3) is 10.9 Å². The molecule has 0 radical (unpaired) electrons. The van der Waals surface area contributed by atoms with Gasteiger partial charge >= 0.3 is 0 Å². The number of benzene rings is 1. The number of hydrogen-bond acceptors (Lipinski definition) is 2. The highest BCUT2D eigenvalue weighted by Crippen LogP contribution is 2.18. The molecule has 0 spiro atoms. The molecule has 0 bridgehead atoms. The Morgan fingerprint density at radius 2 is 2.24 bits per heavy atom. The number of nitrogens with one attached hydrogen (secondary N) is 2. The lowest BCUT2D eigenvalue weighted by Gasteiger charge is -2.12. The summed E-state index contributed by atoms with van der Waals surface area (Å²) < 4.78 is 2.20. The van der Waals surface area contributed by atoms with Gasteiger partial charge in [0.25, 0.3) is 0 Å². The van der Waals surface area contributed by atoms with Crippen LogP contribution in [0, 0.1) is 12.8 Å². The summed E-state index contributed by atoms with van der Waals surface area (Å²) in [5.74, 6) is -0.301. The van der Waals surface area contributed by atoms with Crippen LogP contribution in [0.5, 0.6) is 0 Å². The Hall–Kier alpha value is -2.30. The van der Waals surface area contributed by atoms with Crippen molar-refractivity contribution >= 4 is 22.7 Å². The number of aromatic nitrogens is 1. The lowest BCUT2D eigenvalue weighted by Crippen LogP contribution is -2.34. The average molecular weight is 285 g/mol. The zero-order chi connectivity index (χ0) is 14.8. The van der Waals surface area contributed by atoms with E-state index in [0.717, 1.165) is 6.54 Å². The Balaban J connectivity index is 1.61. The highest BCUT2D eigenvalue weighted by atomic mass is 16.2.